The van der Waals surface area contributed by atoms with E-state index in [0.717, 1.165) is 4.90 Å². The molecule has 1 rings (SSSR count). The zero-order valence-corrected chi connectivity index (χ0v) is 6.24. The molecule has 1 heterocycles. The fourth-order valence-electron chi connectivity index (χ4n) is 0.800. The van der Waals surface area contributed by atoms with Crippen molar-refractivity contribution in [2.75, 3.05) is 13.1 Å². The highest BCUT2D eigenvalue weighted by Crippen LogP contribution is 2.12. The highest BCUT2D eigenvalue weighted by atomic mass is 35.5. The van der Waals surface area contributed by atoms with Gasteiger partial charge in [0.25, 0.3) is 0 Å². The van der Waals surface area contributed by atoms with E-state index in [1.165, 1.54) is 0 Å². The van der Waals surface area contributed by atoms with Gasteiger partial charge in [0.1, 0.15) is 6.10 Å². The largest absolute Gasteiger partial charge is 0.465 e. The van der Waals surface area contributed by atoms with Gasteiger partial charge in [-0.05, 0) is 0 Å². The van der Waals surface area contributed by atoms with Crippen molar-refractivity contribution in [3.63, 3.8) is 0 Å². The van der Waals surface area contributed by atoms with Gasteiger partial charge in [0.2, 0.25) is 0 Å². The quantitative estimate of drug-likeness (QED) is 0.603. The minimum Gasteiger partial charge on any atom is -0.465 e. The summed E-state index contributed by atoms with van der Waals surface area (Å²) < 4.78 is 4.49. The molecule has 1 fully saturated rings. The van der Waals surface area contributed by atoms with Crippen LogP contribution in [0.2, 0.25) is 0 Å². The number of hydrogen-bond acceptors (Lipinski definition) is 3. The molecule has 11 heavy (non-hydrogen) atoms. The van der Waals surface area contributed by atoms with Gasteiger partial charge < -0.3 is 14.7 Å². The summed E-state index contributed by atoms with van der Waals surface area (Å²) in [4.78, 5) is 21.4. The van der Waals surface area contributed by atoms with Crippen molar-refractivity contribution in [1.29, 1.82) is 0 Å². The molecule has 5 nitrogen and oxygen atoms in total. The van der Waals surface area contributed by atoms with Crippen LogP contribution in [0.5, 0.6) is 0 Å². The first-order chi connectivity index (χ1) is 5.09. The van der Waals surface area contributed by atoms with Gasteiger partial charge in [-0.3, -0.25) is 0 Å². The molecular weight excluding hydrogens is 174 g/mol. The molecule has 6 heteroatoms. The van der Waals surface area contributed by atoms with E-state index in [1.54, 1.807) is 0 Å². The average Bonchev–Trinajstić information content (AvgIpc) is 1.75. The average molecular weight is 180 g/mol. The maximum atomic E-state index is 10.2. The number of likely N-dealkylation sites (tertiary alicyclic amines) is 1. The van der Waals surface area contributed by atoms with Crippen molar-refractivity contribution in [3.8, 4) is 0 Å². The van der Waals surface area contributed by atoms with Crippen molar-refractivity contribution >= 4 is 23.1 Å². The lowest BCUT2D eigenvalue weighted by molar-refractivity contribution is 0.00416. The van der Waals surface area contributed by atoms with Gasteiger partial charge in [0, 0.05) is 11.6 Å². The van der Waals surface area contributed by atoms with E-state index < -0.39 is 11.5 Å². The van der Waals surface area contributed by atoms with Crippen molar-refractivity contribution < 1.29 is 19.4 Å². The first-order valence-electron chi connectivity index (χ1n) is 2.93. The normalized spacial score (nSPS) is 17.4. The summed E-state index contributed by atoms with van der Waals surface area (Å²) in [5.41, 5.74) is -0.889. The summed E-state index contributed by atoms with van der Waals surface area (Å²) in [6.07, 6.45) is -1.37. The number of carbonyl (C=O) groups excluding carboxylic acids is 1. The SMILES string of the molecule is O=C(Cl)OC1CN(C(=O)O)C1. The first-order valence-corrected chi connectivity index (χ1v) is 3.31. The Kier molecular flexibility index (Phi) is 2.19. The molecule has 0 aliphatic carbocycles. The van der Waals surface area contributed by atoms with Crippen LogP contribution in [0.15, 0.2) is 0 Å². The zero-order valence-electron chi connectivity index (χ0n) is 5.49. The van der Waals surface area contributed by atoms with E-state index in [4.69, 9.17) is 16.7 Å². The van der Waals surface area contributed by atoms with Crippen LogP contribution in [-0.4, -0.2) is 40.7 Å². The minimum absolute atomic E-state index is 0.216. The van der Waals surface area contributed by atoms with Gasteiger partial charge in [-0.1, -0.05) is 0 Å². The molecule has 0 aromatic rings. The van der Waals surface area contributed by atoms with Crippen LogP contribution in [0.3, 0.4) is 0 Å². The summed E-state index contributed by atoms with van der Waals surface area (Å²) >= 11 is 4.89. The standard InChI is InChI=1S/C5H6ClNO4/c6-4(8)11-3-1-7(2-3)5(9)10/h3H,1-2H2,(H,9,10). The van der Waals surface area contributed by atoms with Crippen LogP contribution in [-0.2, 0) is 4.74 Å². The topological polar surface area (TPSA) is 66.8 Å². The molecule has 0 radical (unpaired) electrons. The molecule has 0 bridgehead atoms. The summed E-state index contributed by atoms with van der Waals surface area (Å²) in [7, 11) is 0. The number of hydrogen-bond donors (Lipinski definition) is 1. The summed E-state index contributed by atoms with van der Waals surface area (Å²) in [5.74, 6) is 0. The third-order valence-corrected chi connectivity index (χ3v) is 1.47. The Hall–Kier alpha value is -0.970. The number of carbonyl (C=O) groups is 2. The van der Waals surface area contributed by atoms with Gasteiger partial charge in [0.15, 0.2) is 0 Å². The van der Waals surface area contributed by atoms with Gasteiger partial charge in [-0.25, -0.2) is 9.59 Å². The maximum Gasteiger partial charge on any atom is 0.407 e. The van der Waals surface area contributed by atoms with Crippen LogP contribution in [0.25, 0.3) is 0 Å². The third kappa shape index (κ3) is 1.98. The zero-order chi connectivity index (χ0) is 8.43. The lowest BCUT2D eigenvalue weighted by atomic mass is 10.2. The molecule has 0 aromatic heterocycles. The first kappa shape index (κ1) is 8.13. The highest BCUT2D eigenvalue weighted by molar-refractivity contribution is 6.61. The lowest BCUT2D eigenvalue weighted by Gasteiger charge is -2.35. The number of ether oxygens (including phenoxy) is 1. The molecule has 0 aromatic carbocycles. The van der Waals surface area contributed by atoms with Crippen molar-refractivity contribution in [2.24, 2.45) is 0 Å². The molecule has 0 atom stereocenters. The van der Waals surface area contributed by atoms with E-state index in [2.05, 4.69) is 4.74 Å². The predicted octanol–water partition coefficient (Wildman–Crippen LogP) is 0.724. The molecule has 62 valence electrons. The van der Waals surface area contributed by atoms with Gasteiger partial charge in [-0.15, -0.1) is 0 Å². The predicted molar refractivity (Wildman–Crippen MR) is 35.7 cm³/mol. The number of halogens is 1. The van der Waals surface area contributed by atoms with Crippen molar-refractivity contribution in [1.82, 2.24) is 4.90 Å². The Bertz CT molecular complexity index is 189. The summed E-state index contributed by atoms with van der Waals surface area (Å²) in [6, 6.07) is 0. The van der Waals surface area contributed by atoms with Crippen LogP contribution in [0, 0.1) is 0 Å². The molecule has 1 aliphatic rings. The van der Waals surface area contributed by atoms with Crippen LogP contribution in [0.4, 0.5) is 9.59 Å². The van der Waals surface area contributed by atoms with E-state index in [1.807, 2.05) is 0 Å². The van der Waals surface area contributed by atoms with Crippen LogP contribution >= 0.6 is 11.6 Å². The number of amides is 1. The van der Waals surface area contributed by atoms with E-state index in [9.17, 15) is 9.59 Å². The second-order valence-electron chi connectivity index (χ2n) is 2.17. The Balaban J connectivity index is 2.19. The molecule has 0 saturated carbocycles. The van der Waals surface area contributed by atoms with Crippen molar-refractivity contribution in [3.05, 3.63) is 0 Å². The molecule has 0 unspecified atom stereocenters. The fourth-order valence-corrected chi connectivity index (χ4v) is 0.926. The van der Waals surface area contributed by atoms with Crippen LogP contribution < -0.4 is 0 Å². The fraction of sp³-hybridized carbons (Fsp3) is 0.600. The Morgan fingerprint density at radius 1 is 1.55 bits per heavy atom. The molecule has 0 spiro atoms. The molecule has 1 aliphatic heterocycles. The Labute approximate surface area is 67.5 Å². The monoisotopic (exact) mass is 179 g/mol. The smallest absolute Gasteiger partial charge is 0.407 e. The Morgan fingerprint density at radius 3 is 2.45 bits per heavy atom. The third-order valence-electron chi connectivity index (χ3n) is 1.38. The Morgan fingerprint density at radius 2 is 2.09 bits per heavy atom. The van der Waals surface area contributed by atoms with Crippen LogP contribution in [0.1, 0.15) is 0 Å². The van der Waals surface area contributed by atoms with E-state index in [-0.39, 0.29) is 19.2 Å². The van der Waals surface area contributed by atoms with Gasteiger partial charge in [-0.2, -0.15) is 0 Å². The van der Waals surface area contributed by atoms with Crippen molar-refractivity contribution in [2.45, 2.75) is 6.10 Å². The molecule has 1 amide bonds. The minimum atomic E-state index is -1.01. The molecule has 1 N–H and O–H groups in total. The lowest BCUT2D eigenvalue weighted by Crippen LogP contribution is -2.54. The number of rotatable bonds is 1. The number of carboxylic acid groups (broad SMARTS) is 1. The maximum absolute atomic E-state index is 10.2. The van der Waals surface area contributed by atoms with E-state index >= 15 is 0 Å². The van der Waals surface area contributed by atoms with Gasteiger partial charge >= 0.3 is 11.5 Å². The molecular formula is C5H6ClNO4. The molecule has 1 saturated heterocycles. The van der Waals surface area contributed by atoms with Gasteiger partial charge in [0.05, 0.1) is 13.1 Å². The summed E-state index contributed by atoms with van der Waals surface area (Å²) in [5, 5.41) is 8.34. The second kappa shape index (κ2) is 2.96. The summed E-state index contributed by atoms with van der Waals surface area (Å²) in [6.45, 7) is 0.432. The number of nitrogens with zero attached hydrogens (tertiary/aromatic N) is 1. The highest BCUT2D eigenvalue weighted by Gasteiger charge is 2.32. The second-order valence-corrected chi connectivity index (χ2v) is 2.47. The van der Waals surface area contributed by atoms with E-state index in [0.29, 0.717) is 0 Å².